The lowest BCUT2D eigenvalue weighted by atomic mass is 10.5. The van der Waals surface area contributed by atoms with E-state index >= 15 is 0 Å². The Bertz CT molecular complexity index is 450. The van der Waals surface area contributed by atoms with Crippen LogP contribution >= 0.6 is 11.9 Å². The van der Waals surface area contributed by atoms with Crippen molar-refractivity contribution >= 4 is 33.3 Å². The summed E-state index contributed by atoms with van der Waals surface area (Å²) in [5.41, 5.74) is 0. The highest BCUT2D eigenvalue weighted by Gasteiger charge is 2.04. The Kier molecular flexibility index (Phi) is 5.88. The van der Waals surface area contributed by atoms with Crippen LogP contribution < -0.4 is 8.87 Å². The average Bonchev–Trinajstić information content (AvgIpc) is 2.53. The van der Waals surface area contributed by atoms with Crippen LogP contribution in [0.2, 0.25) is 6.04 Å². The summed E-state index contributed by atoms with van der Waals surface area (Å²) < 4.78 is 4.45. The highest BCUT2D eigenvalue weighted by atomic mass is 32.2. The van der Waals surface area contributed by atoms with Crippen molar-refractivity contribution in [3.05, 3.63) is 48.8 Å². The molecule has 2 rings (SSSR count). The normalized spacial score (nSPS) is 10.9. The molecule has 106 valence electrons. The number of nitrogens with zero attached hydrogens (tertiary/aromatic N) is 4. The van der Waals surface area contributed by atoms with Gasteiger partial charge in [-0.3, -0.25) is 0 Å². The summed E-state index contributed by atoms with van der Waals surface area (Å²) in [6.07, 6.45) is 3.68. The third-order valence-electron chi connectivity index (χ3n) is 2.94. The summed E-state index contributed by atoms with van der Waals surface area (Å²) in [5.74, 6) is 3.22. The molecule has 0 aliphatic carbocycles. The second-order valence-corrected chi connectivity index (χ2v) is 7.80. The number of aromatic nitrogens is 2. The van der Waals surface area contributed by atoms with Gasteiger partial charge in [0.25, 0.3) is 0 Å². The summed E-state index contributed by atoms with van der Waals surface area (Å²) >= 11 is 1.83. The van der Waals surface area contributed by atoms with Gasteiger partial charge in [0.1, 0.15) is 21.3 Å². The first-order chi connectivity index (χ1) is 9.77. The van der Waals surface area contributed by atoms with Gasteiger partial charge in [-0.2, -0.15) is 0 Å². The van der Waals surface area contributed by atoms with E-state index in [4.69, 9.17) is 0 Å². The van der Waals surface area contributed by atoms with E-state index in [1.807, 2.05) is 54.7 Å². The SMILES string of the molecule is CN([SiH2]CCSN(C)c1ccccn1)c1ccccn1. The van der Waals surface area contributed by atoms with Crippen molar-refractivity contribution in [1.29, 1.82) is 0 Å². The maximum atomic E-state index is 4.37. The zero-order valence-corrected chi connectivity index (χ0v) is 14.2. The maximum absolute atomic E-state index is 4.37. The number of anilines is 2. The first-order valence-corrected chi connectivity index (χ1v) is 9.25. The molecule has 0 aliphatic heterocycles. The number of hydrogen-bond donors (Lipinski definition) is 0. The van der Waals surface area contributed by atoms with Gasteiger partial charge in [0.05, 0.1) is 0 Å². The van der Waals surface area contributed by atoms with Crippen molar-refractivity contribution in [3.8, 4) is 0 Å². The van der Waals surface area contributed by atoms with Gasteiger partial charge in [-0.15, -0.1) is 0 Å². The molecule has 4 nitrogen and oxygen atoms in total. The molecule has 0 aromatic carbocycles. The molecular weight excluding hydrogens is 284 g/mol. The summed E-state index contributed by atoms with van der Waals surface area (Å²) in [4.78, 5) is 8.71. The summed E-state index contributed by atoms with van der Waals surface area (Å²) in [7, 11) is 3.92. The third-order valence-corrected chi connectivity index (χ3v) is 6.16. The van der Waals surface area contributed by atoms with E-state index in [1.165, 1.54) is 6.04 Å². The van der Waals surface area contributed by atoms with Crippen molar-refractivity contribution in [2.24, 2.45) is 0 Å². The Morgan fingerprint density at radius 3 is 2.25 bits per heavy atom. The molecule has 0 amide bonds. The first kappa shape index (κ1) is 14.9. The molecule has 0 saturated heterocycles. The summed E-state index contributed by atoms with van der Waals surface area (Å²) in [5, 5.41) is 0. The molecule has 2 aromatic rings. The fourth-order valence-corrected chi connectivity index (χ4v) is 4.24. The molecule has 20 heavy (non-hydrogen) atoms. The van der Waals surface area contributed by atoms with E-state index in [0.29, 0.717) is 0 Å². The van der Waals surface area contributed by atoms with E-state index in [9.17, 15) is 0 Å². The quantitative estimate of drug-likeness (QED) is 0.445. The second-order valence-electron chi connectivity index (χ2n) is 4.48. The molecule has 0 radical (unpaired) electrons. The molecule has 2 aromatic heterocycles. The molecule has 0 spiro atoms. The minimum absolute atomic E-state index is 0.282. The van der Waals surface area contributed by atoms with Gasteiger partial charge in [0.2, 0.25) is 0 Å². The molecule has 0 saturated carbocycles. The first-order valence-electron chi connectivity index (χ1n) is 6.67. The lowest BCUT2D eigenvalue weighted by Gasteiger charge is -2.19. The molecule has 0 N–H and O–H groups in total. The predicted molar refractivity (Wildman–Crippen MR) is 91.1 cm³/mol. The molecule has 0 fully saturated rings. The Balaban J connectivity index is 1.69. The fourth-order valence-electron chi connectivity index (χ4n) is 1.80. The number of pyridine rings is 2. The van der Waals surface area contributed by atoms with Crippen molar-refractivity contribution in [1.82, 2.24) is 9.97 Å². The van der Waals surface area contributed by atoms with Crippen LogP contribution in [-0.2, 0) is 0 Å². The van der Waals surface area contributed by atoms with Crippen LogP contribution in [0.5, 0.6) is 0 Å². The van der Waals surface area contributed by atoms with Crippen molar-refractivity contribution in [3.63, 3.8) is 0 Å². The number of hydrogen-bond acceptors (Lipinski definition) is 5. The molecule has 0 atom stereocenters. The molecule has 0 bridgehead atoms. The van der Waals surface area contributed by atoms with E-state index in [2.05, 4.69) is 39.0 Å². The van der Waals surface area contributed by atoms with Gasteiger partial charge in [0.15, 0.2) is 0 Å². The van der Waals surface area contributed by atoms with E-state index in [1.54, 1.807) is 0 Å². The van der Waals surface area contributed by atoms with Crippen LogP contribution in [0.1, 0.15) is 0 Å². The lowest BCUT2D eigenvalue weighted by molar-refractivity contribution is 1.18. The van der Waals surface area contributed by atoms with Crippen LogP contribution in [0.4, 0.5) is 11.6 Å². The zero-order valence-electron chi connectivity index (χ0n) is 11.9. The predicted octanol–water partition coefficient (Wildman–Crippen LogP) is 2.20. The van der Waals surface area contributed by atoms with Gasteiger partial charge >= 0.3 is 0 Å². The molecule has 6 heteroatoms. The van der Waals surface area contributed by atoms with Gasteiger partial charge in [-0.25, -0.2) is 9.97 Å². The Morgan fingerprint density at radius 1 is 1.00 bits per heavy atom. The minimum Gasteiger partial charge on any atom is -0.391 e. The number of rotatable bonds is 7. The zero-order chi connectivity index (χ0) is 14.2. The highest BCUT2D eigenvalue weighted by molar-refractivity contribution is 8.00. The van der Waals surface area contributed by atoms with Crippen LogP contribution in [0, 0.1) is 0 Å². The van der Waals surface area contributed by atoms with Crippen LogP contribution in [0.15, 0.2) is 48.8 Å². The van der Waals surface area contributed by atoms with Gasteiger partial charge in [-0.05, 0) is 49.3 Å². The van der Waals surface area contributed by atoms with Crippen molar-refractivity contribution in [2.45, 2.75) is 6.04 Å². The Labute approximate surface area is 127 Å². The Hall–Kier alpha value is -1.53. The molecular formula is C14H20N4SSi. The van der Waals surface area contributed by atoms with Gasteiger partial charge < -0.3 is 8.87 Å². The van der Waals surface area contributed by atoms with Crippen molar-refractivity contribution in [2.75, 3.05) is 28.7 Å². The molecule has 0 unspecified atom stereocenters. The van der Waals surface area contributed by atoms with Gasteiger partial charge in [-0.1, -0.05) is 12.1 Å². The molecule has 2 heterocycles. The van der Waals surface area contributed by atoms with Crippen molar-refractivity contribution < 1.29 is 0 Å². The lowest BCUT2D eigenvalue weighted by Crippen LogP contribution is -2.23. The van der Waals surface area contributed by atoms with E-state index < -0.39 is 0 Å². The largest absolute Gasteiger partial charge is 0.391 e. The smallest absolute Gasteiger partial charge is 0.138 e. The average molecular weight is 304 g/mol. The molecule has 0 aliphatic rings. The van der Waals surface area contributed by atoms with Crippen LogP contribution in [0.3, 0.4) is 0 Å². The van der Waals surface area contributed by atoms with E-state index in [-0.39, 0.29) is 9.68 Å². The summed E-state index contributed by atoms with van der Waals surface area (Å²) in [6.45, 7) is 0. The van der Waals surface area contributed by atoms with Gasteiger partial charge in [0, 0.05) is 25.2 Å². The monoisotopic (exact) mass is 304 g/mol. The Morgan fingerprint density at radius 2 is 1.65 bits per heavy atom. The fraction of sp³-hybridized carbons (Fsp3) is 0.286. The van der Waals surface area contributed by atoms with Crippen LogP contribution in [-0.4, -0.2) is 39.5 Å². The van der Waals surface area contributed by atoms with Crippen LogP contribution in [0.25, 0.3) is 0 Å². The van der Waals surface area contributed by atoms with E-state index in [0.717, 1.165) is 17.4 Å². The minimum atomic E-state index is -0.282. The highest BCUT2D eigenvalue weighted by Crippen LogP contribution is 2.17. The topological polar surface area (TPSA) is 32.3 Å². The maximum Gasteiger partial charge on any atom is 0.138 e. The summed E-state index contributed by atoms with van der Waals surface area (Å²) in [6, 6.07) is 13.3. The third kappa shape index (κ3) is 4.54. The standard InChI is InChI=1S/C14H20N4SSi/c1-17(13-7-3-5-9-15-13)19-11-12-20-18(2)14-8-4-6-10-16-14/h3-10H,11-12,20H2,1-2H3. The second kappa shape index (κ2) is 7.91.